The Hall–Kier alpha value is -2.89. The van der Waals surface area contributed by atoms with Crippen molar-refractivity contribution in [2.75, 3.05) is 5.32 Å². The van der Waals surface area contributed by atoms with Crippen LogP contribution in [0.2, 0.25) is 0 Å². The van der Waals surface area contributed by atoms with Crippen molar-refractivity contribution < 1.29 is 13.2 Å². The summed E-state index contributed by atoms with van der Waals surface area (Å²) in [4.78, 5) is 8.26. The highest BCUT2D eigenvalue weighted by Crippen LogP contribution is 2.31. The molecule has 122 valence electrons. The average Bonchev–Trinajstić information content (AvgIpc) is 2.57. The second-order valence-electron chi connectivity index (χ2n) is 5.35. The van der Waals surface area contributed by atoms with Crippen molar-refractivity contribution in [2.45, 2.75) is 13.1 Å². The van der Waals surface area contributed by atoms with Gasteiger partial charge in [0.05, 0.1) is 11.3 Å². The molecule has 3 rings (SSSR count). The van der Waals surface area contributed by atoms with E-state index < -0.39 is 11.7 Å². The van der Waals surface area contributed by atoms with Gasteiger partial charge in [-0.05, 0) is 31.2 Å². The quantitative estimate of drug-likeness (QED) is 0.716. The van der Waals surface area contributed by atoms with Crippen LogP contribution < -0.4 is 5.32 Å². The number of aromatic nitrogens is 2. The molecule has 0 saturated carbocycles. The summed E-state index contributed by atoms with van der Waals surface area (Å²) in [5.74, 6) is 0.573. The third kappa shape index (κ3) is 3.71. The average molecular weight is 329 g/mol. The first-order chi connectivity index (χ1) is 11.4. The first kappa shape index (κ1) is 16.0. The number of nitrogens with zero attached hydrogens (tertiary/aromatic N) is 2. The van der Waals surface area contributed by atoms with E-state index in [-0.39, 0.29) is 0 Å². The molecule has 0 radical (unpaired) electrons. The number of alkyl halides is 3. The second-order valence-corrected chi connectivity index (χ2v) is 5.35. The molecule has 0 aliphatic heterocycles. The third-order valence-corrected chi connectivity index (χ3v) is 3.50. The molecule has 0 aliphatic rings. The summed E-state index contributed by atoms with van der Waals surface area (Å²) in [6, 6.07) is 14.4. The summed E-state index contributed by atoms with van der Waals surface area (Å²) in [5, 5.41) is 3.15. The standard InChI is InChI=1S/C18H14F3N3/c1-12-2-8-15(9-3-12)24-17-10-16(22-11-23-17)13-4-6-14(7-5-13)18(19,20)21/h2-11H,1H3,(H,22,23,24). The molecule has 24 heavy (non-hydrogen) atoms. The Bertz CT molecular complexity index is 825. The summed E-state index contributed by atoms with van der Waals surface area (Å²) in [7, 11) is 0. The summed E-state index contributed by atoms with van der Waals surface area (Å²) in [5.41, 5.74) is 2.48. The molecule has 0 bridgehead atoms. The number of hydrogen-bond donors (Lipinski definition) is 1. The van der Waals surface area contributed by atoms with Crippen LogP contribution in [0.3, 0.4) is 0 Å². The van der Waals surface area contributed by atoms with Crippen LogP contribution >= 0.6 is 0 Å². The molecule has 0 aliphatic carbocycles. The van der Waals surface area contributed by atoms with Gasteiger partial charge in [-0.3, -0.25) is 0 Å². The van der Waals surface area contributed by atoms with Crippen molar-refractivity contribution in [3.63, 3.8) is 0 Å². The Morgan fingerprint density at radius 2 is 1.54 bits per heavy atom. The minimum Gasteiger partial charge on any atom is -0.340 e. The molecule has 0 spiro atoms. The van der Waals surface area contributed by atoms with Crippen molar-refractivity contribution in [3.8, 4) is 11.3 Å². The number of halogens is 3. The summed E-state index contributed by atoms with van der Waals surface area (Å²) in [6.45, 7) is 2.00. The fourth-order valence-corrected chi connectivity index (χ4v) is 2.20. The van der Waals surface area contributed by atoms with E-state index in [1.807, 2.05) is 31.2 Å². The van der Waals surface area contributed by atoms with E-state index >= 15 is 0 Å². The van der Waals surface area contributed by atoms with Gasteiger partial charge >= 0.3 is 6.18 Å². The molecule has 0 atom stereocenters. The van der Waals surface area contributed by atoms with Crippen LogP contribution in [0.1, 0.15) is 11.1 Å². The van der Waals surface area contributed by atoms with E-state index in [0.717, 1.165) is 23.4 Å². The van der Waals surface area contributed by atoms with Crippen molar-refractivity contribution in [1.82, 2.24) is 9.97 Å². The molecular formula is C18H14F3N3. The van der Waals surface area contributed by atoms with Crippen molar-refractivity contribution in [1.29, 1.82) is 0 Å². The molecule has 0 amide bonds. The second kappa shape index (κ2) is 6.31. The molecule has 0 saturated heterocycles. The predicted molar refractivity (Wildman–Crippen MR) is 86.9 cm³/mol. The first-order valence-corrected chi connectivity index (χ1v) is 7.25. The fraction of sp³-hybridized carbons (Fsp3) is 0.111. The zero-order valence-corrected chi connectivity index (χ0v) is 12.8. The molecule has 3 nitrogen and oxygen atoms in total. The van der Waals surface area contributed by atoms with Gasteiger partial charge in [0.25, 0.3) is 0 Å². The maximum atomic E-state index is 12.6. The van der Waals surface area contributed by atoms with Crippen LogP contribution in [-0.4, -0.2) is 9.97 Å². The Labute approximate surface area is 137 Å². The van der Waals surface area contributed by atoms with Crippen LogP contribution in [0.15, 0.2) is 60.9 Å². The SMILES string of the molecule is Cc1ccc(Nc2cc(-c3ccc(C(F)(F)F)cc3)ncn2)cc1. The van der Waals surface area contributed by atoms with E-state index in [2.05, 4.69) is 15.3 Å². The van der Waals surface area contributed by atoms with Crippen LogP contribution in [0.25, 0.3) is 11.3 Å². The molecule has 1 aromatic heterocycles. The van der Waals surface area contributed by atoms with Gasteiger partial charge in [-0.2, -0.15) is 13.2 Å². The number of rotatable bonds is 3. The lowest BCUT2D eigenvalue weighted by atomic mass is 10.1. The van der Waals surface area contributed by atoms with E-state index in [4.69, 9.17) is 0 Å². The number of benzene rings is 2. The minimum absolute atomic E-state index is 0.549. The number of aryl methyl sites for hydroxylation is 1. The van der Waals surface area contributed by atoms with Crippen LogP contribution in [0.4, 0.5) is 24.7 Å². The predicted octanol–water partition coefficient (Wildman–Crippen LogP) is 5.21. The maximum absolute atomic E-state index is 12.6. The van der Waals surface area contributed by atoms with E-state index in [9.17, 15) is 13.2 Å². The zero-order chi connectivity index (χ0) is 17.2. The minimum atomic E-state index is -4.34. The van der Waals surface area contributed by atoms with E-state index in [0.29, 0.717) is 17.1 Å². The maximum Gasteiger partial charge on any atom is 0.416 e. The lowest BCUT2D eigenvalue weighted by molar-refractivity contribution is -0.137. The van der Waals surface area contributed by atoms with E-state index in [1.165, 1.54) is 18.5 Å². The van der Waals surface area contributed by atoms with Crippen molar-refractivity contribution >= 4 is 11.5 Å². The molecule has 0 unspecified atom stereocenters. The van der Waals surface area contributed by atoms with Crippen LogP contribution in [-0.2, 0) is 6.18 Å². The largest absolute Gasteiger partial charge is 0.416 e. The van der Waals surface area contributed by atoms with Gasteiger partial charge in [-0.1, -0.05) is 29.8 Å². The smallest absolute Gasteiger partial charge is 0.340 e. The lowest BCUT2D eigenvalue weighted by Crippen LogP contribution is -2.04. The van der Waals surface area contributed by atoms with Crippen LogP contribution in [0.5, 0.6) is 0 Å². The topological polar surface area (TPSA) is 37.8 Å². The van der Waals surface area contributed by atoms with Crippen molar-refractivity contribution in [3.05, 3.63) is 72.1 Å². The zero-order valence-electron chi connectivity index (χ0n) is 12.8. The number of anilines is 2. The molecule has 1 heterocycles. The van der Waals surface area contributed by atoms with Gasteiger partial charge in [-0.15, -0.1) is 0 Å². The van der Waals surface area contributed by atoms with Gasteiger partial charge in [0, 0.05) is 17.3 Å². The van der Waals surface area contributed by atoms with Crippen LogP contribution in [0, 0.1) is 6.92 Å². The van der Waals surface area contributed by atoms with E-state index in [1.54, 1.807) is 6.07 Å². The fourth-order valence-electron chi connectivity index (χ4n) is 2.20. The molecule has 6 heteroatoms. The highest BCUT2D eigenvalue weighted by Gasteiger charge is 2.30. The molecule has 1 N–H and O–H groups in total. The molecule has 0 fully saturated rings. The van der Waals surface area contributed by atoms with Gasteiger partial charge in [-0.25, -0.2) is 9.97 Å². The molecule has 2 aromatic carbocycles. The lowest BCUT2D eigenvalue weighted by Gasteiger charge is -2.09. The number of hydrogen-bond acceptors (Lipinski definition) is 3. The highest BCUT2D eigenvalue weighted by atomic mass is 19.4. The van der Waals surface area contributed by atoms with Gasteiger partial charge in [0.2, 0.25) is 0 Å². The first-order valence-electron chi connectivity index (χ1n) is 7.25. The Balaban J connectivity index is 1.83. The van der Waals surface area contributed by atoms with Crippen molar-refractivity contribution in [2.24, 2.45) is 0 Å². The Morgan fingerprint density at radius 1 is 0.875 bits per heavy atom. The van der Waals surface area contributed by atoms with Gasteiger partial charge < -0.3 is 5.32 Å². The number of nitrogens with one attached hydrogen (secondary N) is 1. The Morgan fingerprint density at radius 3 is 2.17 bits per heavy atom. The monoisotopic (exact) mass is 329 g/mol. The normalized spacial score (nSPS) is 11.3. The summed E-state index contributed by atoms with van der Waals surface area (Å²) in [6.07, 6.45) is -2.97. The Kier molecular flexibility index (Phi) is 4.20. The molecule has 3 aromatic rings. The highest BCUT2D eigenvalue weighted by molar-refractivity contribution is 5.65. The van der Waals surface area contributed by atoms with Gasteiger partial charge in [0.15, 0.2) is 0 Å². The van der Waals surface area contributed by atoms with Gasteiger partial charge in [0.1, 0.15) is 12.1 Å². The molecular weight excluding hydrogens is 315 g/mol. The third-order valence-electron chi connectivity index (χ3n) is 3.50. The summed E-state index contributed by atoms with van der Waals surface area (Å²) >= 11 is 0. The summed E-state index contributed by atoms with van der Waals surface area (Å²) < 4.78 is 37.9.